The molecule has 1 aliphatic rings. The highest BCUT2D eigenvalue weighted by Crippen LogP contribution is 2.49. The standard InChI is InChI=1S/C20H25Cl2NO3S/c1-18(2,3)14-12-15(16(21)20(22,17(14)24)19(4,5)6)23-27(25,26)13-10-8-7-9-11-13/h7-12,16H,1-6H3. The Kier molecular flexibility index (Phi) is 5.75. The molecule has 0 radical (unpaired) electrons. The maximum Gasteiger partial charge on any atom is 0.282 e. The second kappa shape index (κ2) is 7.02. The van der Waals surface area contributed by atoms with E-state index in [4.69, 9.17) is 23.2 Å². The van der Waals surface area contributed by atoms with Crippen LogP contribution in [0.5, 0.6) is 0 Å². The smallest absolute Gasteiger partial charge is 0.282 e. The summed E-state index contributed by atoms with van der Waals surface area (Å²) in [5.74, 6) is -0.291. The Bertz CT molecular complexity index is 907. The summed E-state index contributed by atoms with van der Waals surface area (Å²) in [5.41, 5.74) is -0.780. The average molecular weight is 430 g/mol. The van der Waals surface area contributed by atoms with Crippen LogP contribution in [-0.4, -0.2) is 30.2 Å². The monoisotopic (exact) mass is 429 g/mol. The van der Waals surface area contributed by atoms with Crippen LogP contribution in [0.25, 0.3) is 0 Å². The predicted molar refractivity (Wildman–Crippen MR) is 111 cm³/mol. The van der Waals surface area contributed by atoms with Crippen molar-refractivity contribution < 1.29 is 13.2 Å². The van der Waals surface area contributed by atoms with Gasteiger partial charge in [0.05, 0.1) is 10.6 Å². The highest BCUT2D eigenvalue weighted by Gasteiger charge is 2.58. The number of halogens is 2. The van der Waals surface area contributed by atoms with Gasteiger partial charge in [-0.3, -0.25) is 4.79 Å². The Hall–Kier alpha value is -1.17. The zero-order valence-corrected chi connectivity index (χ0v) is 18.7. The van der Waals surface area contributed by atoms with E-state index in [0.29, 0.717) is 5.57 Å². The molecule has 0 saturated carbocycles. The van der Waals surface area contributed by atoms with E-state index in [9.17, 15) is 13.2 Å². The molecule has 0 spiro atoms. The molecule has 0 saturated heterocycles. The predicted octanol–water partition coefficient (Wildman–Crippen LogP) is 5.00. The van der Waals surface area contributed by atoms with Crippen LogP contribution in [0.2, 0.25) is 0 Å². The molecule has 2 atom stereocenters. The van der Waals surface area contributed by atoms with Gasteiger partial charge in [-0.25, -0.2) is 0 Å². The van der Waals surface area contributed by atoms with E-state index in [1.54, 1.807) is 18.2 Å². The maximum absolute atomic E-state index is 13.2. The average Bonchev–Trinajstić information content (AvgIpc) is 2.54. The summed E-state index contributed by atoms with van der Waals surface area (Å²) in [6.07, 6.45) is 1.48. The van der Waals surface area contributed by atoms with Gasteiger partial charge in [0.15, 0.2) is 5.78 Å². The second-order valence-electron chi connectivity index (χ2n) is 8.77. The van der Waals surface area contributed by atoms with Crippen LogP contribution in [-0.2, 0) is 14.8 Å². The van der Waals surface area contributed by atoms with Crippen molar-refractivity contribution in [1.82, 2.24) is 0 Å². The first kappa shape index (κ1) is 22.1. The van der Waals surface area contributed by atoms with E-state index in [1.807, 2.05) is 41.5 Å². The zero-order valence-electron chi connectivity index (χ0n) is 16.4. The second-order valence-corrected chi connectivity index (χ2v) is 11.4. The molecule has 148 valence electrons. The number of benzene rings is 1. The summed E-state index contributed by atoms with van der Waals surface area (Å²) < 4.78 is 29.5. The molecular formula is C20H25Cl2NO3S. The molecule has 0 N–H and O–H groups in total. The molecule has 0 bridgehead atoms. The number of sulfonamides is 1. The minimum absolute atomic E-state index is 0.0555. The van der Waals surface area contributed by atoms with Crippen LogP contribution in [0.4, 0.5) is 0 Å². The summed E-state index contributed by atoms with van der Waals surface area (Å²) in [4.78, 5) is 11.8. The summed E-state index contributed by atoms with van der Waals surface area (Å²) in [6, 6.07) is 7.88. The Balaban J connectivity index is 2.75. The van der Waals surface area contributed by atoms with Gasteiger partial charge in [-0.15, -0.1) is 23.2 Å². The van der Waals surface area contributed by atoms with Crippen molar-refractivity contribution in [1.29, 1.82) is 0 Å². The largest absolute Gasteiger partial charge is 0.292 e. The Morgan fingerprint density at radius 2 is 1.56 bits per heavy atom. The number of hydrogen-bond donors (Lipinski definition) is 0. The molecule has 2 unspecified atom stereocenters. The lowest BCUT2D eigenvalue weighted by Gasteiger charge is -2.45. The van der Waals surface area contributed by atoms with E-state index in [-0.39, 0.29) is 16.4 Å². The van der Waals surface area contributed by atoms with Gasteiger partial charge in [0.1, 0.15) is 10.3 Å². The van der Waals surface area contributed by atoms with Gasteiger partial charge in [-0.05, 0) is 29.0 Å². The molecule has 7 heteroatoms. The zero-order chi connectivity index (χ0) is 20.8. The van der Waals surface area contributed by atoms with Crippen LogP contribution in [0.3, 0.4) is 0 Å². The summed E-state index contributed by atoms with van der Waals surface area (Å²) in [7, 11) is -3.99. The van der Waals surface area contributed by atoms with Gasteiger partial charge < -0.3 is 0 Å². The van der Waals surface area contributed by atoms with Gasteiger partial charge in [-0.2, -0.15) is 12.8 Å². The molecule has 0 aromatic heterocycles. The van der Waals surface area contributed by atoms with Crippen molar-refractivity contribution in [3.05, 3.63) is 42.0 Å². The fourth-order valence-corrected chi connectivity index (χ4v) is 4.79. The first-order valence-electron chi connectivity index (χ1n) is 8.62. The highest BCUT2D eigenvalue weighted by atomic mass is 35.5. The Labute approximate surface area is 171 Å². The van der Waals surface area contributed by atoms with E-state index in [0.717, 1.165) is 0 Å². The lowest BCUT2D eigenvalue weighted by Crippen LogP contribution is -2.58. The van der Waals surface area contributed by atoms with Crippen molar-refractivity contribution in [2.24, 2.45) is 15.2 Å². The van der Waals surface area contributed by atoms with Crippen LogP contribution in [0.1, 0.15) is 41.5 Å². The summed E-state index contributed by atoms with van der Waals surface area (Å²) in [6.45, 7) is 11.0. The molecule has 1 aliphatic carbocycles. The molecule has 2 rings (SSSR count). The fraction of sp³-hybridized carbons (Fsp3) is 0.500. The number of carbonyl (C=O) groups is 1. The molecule has 1 aromatic rings. The number of alkyl halides is 2. The third-order valence-electron chi connectivity index (χ3n) is 4.64. The molecule has 4 nitrogen and oxygen atoms in total. The van der Waals surface area contributed by atoms with E-state index < -0.39 is 31.1 Å². The SMILES string of the molecule is CC(C)(C)C1=CC(=NS(=O)(=O)c2ccccc2)C(Cl)C(Cl)(C(C)(C)C)C1=O. The minimum atomic E-state index is -3.99. The lowest BCUT2D eigenvalue weighted by atomic mass is 9.65. The quantitative estimate of drug-likeness (QED) is 0.620. The van der Waals surface area contributed by atoms with Crippen molar-refractivity contribution in [2.75, 3.05) is 0 Å². The highest BCUT2D eigenvalue weighted by molar-refractivity contribution is 7.90. The summed E-state index contributed by atoms with van der Waals surface area (Å²) in [5, 5.41) is -1.09. The van der Waals surface area contributed by atoms with E-state index in [2.05, 4.69) is 4.40 Å². The number of nitrogens with zero attached hydrogens (tertiary/aromatic N) is 1. The normalized spacial score (nSPS) is 26.2. The number of hydrogen-bond acceptors (Lipinski definition) is 3. The van der Waals surface area contributed by atoms with Gasteiger partial charge in [0, 0.05) is 5.57 Å². The van der Waals surface area contributed by atoms with E-state index in [1.165, 1.54) is 18.2 Å². The number of Topliss-reactive ketones (excluding diaryl/α,β-unsaturated/α-hetero) is 1. The third-order valence-corrected chi connectivity index (χ3v) is 7.58. The Morgan fingerprint density at radius 3 is 2.00 bits per heavy atom. The molecule has 0 amide bonds. The molecule has 27 heavy (non-hydrogen) atoms. The molecule has 0 heterocycles. The third kappa shape index (κ3) is 4.01. The number of carbonyl (C=O) groups excluding carboxylic acids is 1. The topological polar surface area (TPSA) is 63.6 Å². The Morgan fingerprint density at radius 1 is 1.04 bits per heavy atom. The van der Waals surface area contributed by atoms with Crippen molar-refractivity contribution in [3.8, 4) is 0 Å². The molecule has 1 aromatic carbocycles. The van der Waals surface area contributed by atoms with Crippen LogP contribution in [0.15, 0.2) is 51.3 Å². The lowest BCUT2D eigenvalue weighted by molar-refractivity contribution is -0.121. The van der Waals surface area contributed by atoms with Gasteiger partial charge >= 0.3 is 0 Å². The molecule has 0 fully saturated rings. The van der Waals surface area contributed by atoms with Crippen LogP contribution >= 0.6 is 23.2 Å². The minimum Gasteiger partial charge on any atom is -0.292 e. The van der Waals surface area contributed by atoms with Crippen molar-refractivity contribution >= 4 is 44.7 Å². The van der Waals surface area contributed by atoms with Crippen LogP contribution < -0.4 is 0 Å². The number of allylic oxidation sites excluding steroid dienone is 2. The maximum atomic E-state index is 13.2. The van der Waals surface area contributed by atoms with Crippen molar-refractivity contribution in [3.63, 3.8) is 0 Å². The van der Waals surface area contributed by atoms with E-state index >= 15 is 0 Å². The number of rotatable bonds is 2. The van der Waals surface area contributed by atoms with Gasteiger partial charge in [0.2, 0.25) is 0 Å². The fourth-order valence-electron chi connectivity index (χ4n) is 2.94. The first-order valence-corrected chi connectivity index (χ1v) is 10.9. The number of ketones is 1. The molecular weight excluding hydrogens is 405 g/mol. The first-order chi connectivity index (χ1) is 12.1. The van der Waals surface area contributed by atoms with Crippen LogP contribution in [0, 0.1) is 10.8 Å². The summed E-state index contributed by atoms with van der Waals surface area (Å²) >= 11 is 13.4. The van der Waals surface area contributed by atoms with Crippen molar-refractivity contribution in [2.45, 2.75) is 56.7 Å². The van der Waals surface area contributed by atoms with Gasteiger partial charge in [-0.1, -0.05) is 59.7 Å². The van der Waals surface area contributed by atoms with Gasteiger partial charge in [0.25, 0.3) is 10.0 Å². The molecule has 0 aliphatic heterocycles.